The number of nitrogens with zero attached hydrogens (tertiary/aromatic N) is 5. The Kier molecular flexibility index (Phi) is 4.91. The van der Waals surface area contributed by atoms with Crippen LogP contribution in [0, 0.1) is 27.3 Å². The standard InChI is InChI=1S/C20H16FN5O3/c21-16-5-3-13(4-6-16)19-23-20(29-24-19)14-2-1-9-25(12-14)18-8-7-17(26(27)28)10-15(18)11-22/h3-8,10,14H,1-2,9,12H2/t14-/m1/s1. The summed E-state index contributed by atoms with van der Waals surface area (Å²) in [5, 5.41) is 24.4. The van der Waals surface area contributed by atoms with Crippen molar-refractivity contribution in [3.63, 3.8) is 0 Å². The lowest BCUT2D eigenvalue weighted by molar-refractivity contribution is -0.384. The first-order valence-corrected chi connectivity index (χ1v) is 9.08. The predicted octanol–water partition coefficient (Wildman–Crippen LogP) is 4.04. The maximum absolute atomic E-state index is 13.1. The van der Waals surface area contributed by atoms with Crippen molar-refractivity contribution in [1.29, 1.82) is 5.26 Å². The number of halogens is 1. The number of nitro benzene ring substituents is 1. The van der Waals surface area contributed by atoms with Gasteiger partial charge in [-0.2, -0.15) is 10.2 Å². The molecule has 0 radical (unpaired) electrons. The van der Waals surface area contributed by atoms with Crippen LogP contribution < -0.4 is 4.90 Å². The SMILES string of the molecule is N#Cc1cc([N+](=O)[O-])ccc1N1CCC[C@@H](c2nc(-c3ccc(F)cc3)no2)C1. The van der Waals surface area contributed by atoms with Crippen molar-refractivity contribution in [2.24, 2.45) is 0 Å². The van der Waals surface area contributed by atoms with Crippen molar-refractivity contribution >= 4 is 11.4 Å². The molecule has 0 N–H and O–H groups in total. The van der Waals surface area contributed by atoms with Crippen molar-refractivity contribution in [1.82, 2.24) is 10.1 Å². The van der Waals surface area contributed by atoms with Crippen molar-refractivity contribution < 1.29 is 13.8 Å². The molecule has 4 rings (SSSR count). The molecule has 1 aromatic heterocycles. The topological polar surface area (TPSA) is 109 Å². The molecule has 2 heterocycles. The van der Waals surface area contributed by atoms with Gasteiger partial charge in [-0.05, 0) is 43.2 Å². The minimum Gasteiger partial charge on any atom is -0.370 e. The summed E-state index contributed by atoms with van der Waals surface area (Å²) in [6.07, 6.45) is 1.69. The number of nitriles is 1. The van der Waals surface area contributed by atoms with Crippen molar-refractivity contribution in [3.05, 3.63) is 69.9 Å². The molecule has 29 heavy (non-hydrogen) atoms. The molecule has 1 fully saturated rings. The highest BCUT2D eigenvalue weighted by Crippen LogP contribution is 2.33. The third-order valence-electron chi connectivity index (χ3n) is 4.97. The van der Waals surface area contributed by atoms with Gasteiger partial charge in [0.15, 0.2) is 0 Å². The highest BCUT2D eigenvalue weighted by Gasteiger charge is 2.28. The van der Waals surface area contributed by atoms with Crippen LogP contribution in [0.2, 0.25) is 0 Å². The molecule has 9 heteroatoms. The van der Waals surface area contributed by atoms with Crippen LogP contribution in [0.1, 0.15) is 30.2 Å². The van der Waals surface area contributed by atoms with Gasteiger partial charge in [0.25, 0.3) is 5.69 Å². The molecular weight excluding hydrogens is 377 g/mol. The van der Waals surface area contributed by atoms with E-state index in [-0.39, 0.29) is 23.0 Å². The number of piperidine rings is 1. The monoisotopic (exact) mass is 393 g/mol. The third-order valence-corrected chi connectivity index (χ3v) is 4.97. The molecule has 1 saturated heterocycles. The molecule has 0 saturated carbocycles. The third kappa shape index (κ3) is 3.78. The molecule has 146 valence electrons. The van der Waals surface area contributed by atoms with Gasteiger partial charge in [-0.25, -0.2) is 4.39 Å². The Labute approximate surface area is 165 Å². The lowest BCUT2D eigenvalue weighted by atomic mass is 9.96. The lowest BCUT2D eigenvalue weighted by Gasteiger charge is -2.33. The van der Waals surface area contributed by atoms with Crippen LogP contribution in [-0.2, 0) is 0 Å². The zero-order chi connectivity index (χ0) is 20.4. The average molecular weight is 393 g/mol. The van der Waals surface area contributed by atoms with Gasteiger partial charge in [-0.15, -0.1) is 0 Å². The van der Waals surface area contributed by atoms with E-state index in [1.807, 2.05) is 11.0 Å². The maximum atomic E-state index is 13.1. The number of nitro groups is 1. The lowest BCUT2D eigenvalue weighted by Crippen LogP contribution is -2.35. The zero-order valence-electron chi connectivity index (χ0n) is 15.3. The van der Waals surface area contributed by atoms with Crippen LogP contribution in [0.3, 0.4) is 0 Å². The van der Waals surface area contributed by atoms with E-state index >= 15 is 0 Å². The van der Waals surface area contributed by atoms with Gasteiger partial charge in [-0.3, -0.25) is 10.1 Å². The highest BCUT2D eigenvalue weighted by atomic mass is 19.1. The van der Waals surface area contributed by atoms with Crippen LogP contribution in [-0.4, -0.2) is 28.2 Å². The largest absolute Gasteiger partial charge is 0.370 e. The minimum atomic E-state index is -0.515. The molecule has 0 bridgehead atoms. The Morgan fingerprint density at radius 2 is 2.07 bits per heavy atom. The molecule has 1 aliphatic heterocycles. The number of non-ortho nitro benzene ring substituents is 1. The van der Waals surface area contributed by atoms with Crippen LogP contribution in [0.15, 0.2) is 47.0 Å². The van der Waals surface area contributed by atoms with Gasteiger partial charge in [0, 0.05) is 30.8 Å². The van der Waals surface area contributed by atoms with Crippen LogP contribution in [0.4, 0.5) is 15.8 Å². The minimum absolute atomic E-state index is 0.0350. The number of rotatable bonds is 4. The van der Waals surface area contributed by atoms with Gasteiger partial charge in [-0.1, -0.05) is 5.16 Å². The van der Waals surface area contributed by atoms with Crippen LogP contribution in [0.5, 0.6) is 0 Å². The normalized spacial score (nSPS) is 16.4. The summed E-state index contributed by atoms with van der Waals surface area (Å²) in [6.45, 7) is 1.28. The Morgan fingerprint density at radius 1 is 1.28 bits per heavy atom. The first-order chi connectivity index (χ1) is 14.0. The van der Waals surface area contributed by atoms with E-state index in [1.165, 1.54) is 24.3 Å². The summed E-state index contributed by atoms with van der Waals surface area (Å²) >= 11 is 0. The fraction of sp³-hybridized carbons (Fsp3) is 0.250. The van der Waals surface area contributed by atoms with E-state index in [9.17, 15) is 19.8 Å². The van der Waals surface area contributed by atoms with Crippen LogP contribution in [0.25, 0.3) is 11.4 Å². The molecule has 1 atom stereocenters. The Balaban J connectivity index is 1.56. The molecule has 2 aromatic carbocycles. The fourth-order valence-corrected chi connectivity index (χ4v) is 3.52. The number of hydrogen-bond donors (Lipinski definition) is 0. The predicted molar refractivity (Wildman–Crippen MR) is 102 cm³/mol. The molecular formula is C20H16FN5O3. The van der Waals surface area contributed by atoms with E-state index in [4.69, 9.17) is 4.52 Å². The van der Waals surface area contributed by atoms with E-state index in [2.05, 4.69) is 10.1 Å². The molecule has 0 amide bonds. The second kappa shape index (κ2) is 7.67. The van der Waals surface area contributed by atoms with Crippen molar-refractivity contribution in [3.8, 4) is 17.5 Å². The number of aromatic nitrogens is 2. The summed E-state index contributed by atoms with van der Waals surface area (Å²) in [5.41, 5.74) is 1.47. The Hall–Kier alpha value is -3.80. The Morgan fingerprint density at radius 3 is 2.79 bits per heavy atom. The van der Waals surface area contributed by atoms with E-state index in [0.717, 1.165) is 19.4 Å². The zero-order valence-corrected chi connectivity index (χ0v) is 15.3. The summed E-state index contributed by atoms with van der Waals surface area (Å²) in [5.74, 6) is 0.503. The second-order valence-electron chi connectivity index (χ2n) is 6.82. The summed E-state index contributed by atoms with van der Waals surface area (Å²) < 4.78 is 18.5. The molecule has 8 nitrogen and oxygen atoms in total. The van der Waals surface area contributed by atoms with E-state index in [0.29, 0.717) is 29.5 Å². The fourth-order valence-electron chi connectivity index (χ4n) is 3.52. The molecule has 3 aromatic rings. The van der Waals surface area contributed by atoms with E-state index in [1.54, 1.807) is 18.2 Å². The number of benzene rings is 2. The number of anilines is 1. The number of hydrogen-bond acceptors (Lipinski definition) is 7. The molecule has 0 aliphatic carbocycles. The van der Waals surface area contributed by atoms with E-state index < -0.39 is 4.92 Å². The Bertz CT molecular complexity index is 1090. The van der Waals surface area contributed by atoms with Gasteiger partial charge < -0.3 is 9.42 Å². The van der Waals surface area contributed by atoms with Crippen LogP contribution >= 0.6 is 0 Å². The highest BCUT2D eigenvalue weighted by molar-refractivity contribution is 5.63. The van der Waals surface area contributed by atoms with Crippen molar-refractivity contribution in [2.75, 3.05) is 18.0 Å². The van der Waals surface area contributed by atoms with Crippen molar-refractivity contribution in [2.45, 2.75) is 18.8 Å². The molecule has 1 aliphatic rings. The first-order valence-electron chi connectivity index (χ1n) is 9.08. The smallest absolute Gasteiger partial charge is 0.270 e. The first kappa shape index (κ1) is 18.6. The van der Waals surface area contributed by atoms with Gasteiger partial charge >= 0.3 is 0 Å². The second-order valence-corrected chi connectivity index (χ2v) is 6.82. The molecule has 0 unspecified atom stereocenters. The average Bonchev–Trinajstić information content (AvgIpc) is 3.24. The molecule has 0 spiro atoms. The quantitative estimate of drug-likeness (QED) is 0.486. The maximum Gasteiger partial charge on any atom is 0.270 e. The van der Waals surface area contributed by atoms with Gasteiger partial charge in [0.1, 0.15) is 11.9 Å². The summed E-state index contributed by atoms with van der Waals surface area (Å²) in [4.78, 5) is 16.9. The summed E-state index contributed by atoms with van der Waals surface area (Å²) in [7, 11) is 0. The van der Waals surface area contributed by atoms with Gasteiger partial charge in [0.05, 0.1) is 22.1 Å². The summed E-state index contributed by atoms with van der Waals surface area (Å²) in [6, 6.07) is 12.2. The van der Waals surface area contributed by atoms with Gasteiger partial charge in [0.2, 0.25) is 11.7 Å².